The molecular weight excluding hydrogens is 517 g/mol. The van der Waals surface area contributed by atoms with Gasteiger partial charge >= 0.3 is 5.97 Å². The third kappa shape index (κ3) is 6.59. The number of fused-ring (bicyclic) bond motifs is 1. The molecule has 0 aliphatic carbocycles. The van der Waals surface area contributed by atoms with Crippen LogP contribution in [0.4, 0.5) is 15.8 Å². The van der Waals surface area contributed by atoms with E-state index in [0.29, 0.717) is 29.3 Å². The van der Waals surface area contributed by atoms with Crippen molar-refractivity contribution in [2.75, 3.05) is 44.3 Å². The second-order valence-corrected chi connectivity index (χ2v) is 12.1. The van der Waals surface area contributed by atoms with Gasteiger partial charge in [0, 0.05) is 30.8 Å². The third-order valence-electron chi connectivity index (χ3n) is 6.95. The molecule has 0 amide bonds. The Balaban J connectivity index is 2.17. The number of nitrogens with zero attached hydrogens (tertiary/aromatic N) is 1. The van der Waals surface area contributed by atoms with Crippen LogP contribution in [0.15, 0.2) is 46.2 Å². The summed E-state index contributed by atoms with van der Waals surface area (Å²) in [7, 11) is -1.08. The highest BCUT2D eigenvalue weighted by Crippen LogP contribution is 2.47. The number of hydrogen-bond donors (Lipinski definition) is 0. The molecule has 0 bridgehead atoms. The molecule has 0 aromatic heterocycles. The van der Waals surface area contributed by atoms with Crippen molar-refractivity contribution in [1.29, 1.82) is 0 Å². The Bertz CT molecular complexity index is 1190. The molecule has 0 saturated carbocycles. The number of carbonyl (C=O) groups excluding carboxylic acids is 1. The number of unbranched alkanes of at least 4 members (excludes halogenated alkanes) is 1. The van der Waals surface area contributed by atoms with E-state index in [2.05, 4.69) is 6.92 Å². The van der Waals surface area contributed by atoms with Gasteiger partial charge in [-0.2, -0.15) is 0 Å². The number of halogens is 1. The molecule has 0 radical (unpaired) electrons. The number of thioether (sulfide) groups is 1. The Morgan fingerprint density at radius 1 is 1.19 bits per heavy atom. The summed E-state index contributed by atoms with van der Waals surface area (Å²) in [4.78, 5) is 14.8. The molecule has 0 N–H and O–H groups in total. The number of anilines is 2. The van der Waals surface area contributed by atoms with Crippen molar-refractivity contribution >= 4 is 38.9 Å². The summed E-state index contributed by atoms with van der Waals surface area (Å²) >= 11 is 1.40. The summed E-state index contributed by atoms with van der Waals surface area (Å²) < 4.78 is 57.5. The lowest BCUT2D eigenvalue weighted by molar-refractivity contribution is -0.154. The first kappa shape index (κ1) is 29.3. The van der Waals surface area contributed by atoms with Crippen LogP contribution in [0, 0.1) is 11.2 Å². The molecule has 2 atom stereocenters. The van der Waals surface area contributed by atoms with Crippen LogP contribution in [0.1, 0.15) is 39.5 Å². The van der Waals surface area contributed by atoms with Gasteiger partial charge in [0.15, 0.2) is 15.9 Å². The van der Waals surface area contributed by atoms with Crippen molar-refractivity contribution in [2.45, 2.75) is 55.4 Å². The zero-order valence-corrected chi connectivity index (χ0v) is 23.7. The summed E-state index contributed by atoms with van der Waals surface area (Å²) in [6.45, 7) is 4.48. The van der Waals surface area contributed by atoms with E-state index in [-0.39, 0.29) is 23.1 Å². The minimum atomic E-state index is -3.72. The molecule has 2 unspecified atom stereocenters. The molecule has 0 saturated heterocycles. The summed E-state index contributed by atoms with van der Waals surface area (Å²) in [6.07, 6.45) is 4.23. The molecule has 2 aromatic carbocycles. The molecule has 1 heterocycles. The minimum Gasteiger partial charge on any atom is -0.489 e. The lowest BCUT2D eigenvalue weighted by atomic mass is 9.81. The Morgan fingerprint density at radius 2 is 1.89 bits per heavy atom. The van der Waals surface area contributed by atoms with Crippen LogP contribution in [0.3, 0.4) is 0 Å². The fourth-order valence-electron chi connectivity index (χ4n) is 4.68. The first-order valence-electron chi connectivity index (χ1n) is 12.3. The number of sulfone groups is 1. The summed E-state index contributed by atoms with van der Waals surface area (Å²) in [5.41, 5.74) is 0.778. The molecular formula is C27H36FNO6S2. The van der Waals surface area contributed by atoms with Gasteiger partial charge in [0.2, 0.25) is 0 Å². The molecule has 10 heteroatoms. The van der Waals surface area contributed by atoms with Gasteiger partial charge in [-0.05, 0) is 49.4 Å². The van der Waals surface area contributed by atoms with E-state index in [1.54, 1.807) is 18.2 Å². The van der Waals surface area contributed by atoms with Gasteiger partial charge < -0.3 is 19.1 Å². The molecule has 204 valence electrons. The molecule has 7 nitrogen and oxygen atoms in total. The van der Waals surface area contributed by atoms with Crippen molar-refractivity contribution in [2.24, 2.45) is 5.41 Å². The van der Waals surface area contributed by atoms with Gasteiger partial charge in [-0.1, -0.05) is 26.7 Å². The number of rotatable bonds is 11. The average molecular weight is 554 g/mol. The first-order valence-corrected chi connectivity index (χ1v) is 15.2. The van der Waals surface area contributed by atoms with Gasteiger partial charge in [-0.25, -0.2) is 17.6 Å². The Kier molecular flexibility index (Phi) is 9.88. The highest BCUT2D eigenvalue weighted by Gasteiger charge is 2.42. The molecule has 0 fully saturated rings. The zero-order valence-electron chi connectivity index (χ0n) is 22.1. The summed E-state index contributed by atoms with van der Waals surface area (Å²) in [5, 5.41) is 0. The van der Waals surface area contributed by atoms with Crippen LogP contribution in [0.2, 0.25) is 0 Å². The maximum atomic E-state index is 13.9. The van der Waals surface area contributed by atoms with E-state index in [1.165, 1.54) is 38.1 Å². The maximum Gasteiger partial charge on any atom is 0.338 e. The number of carbonyl (C=O) groups is 1. The molecule has 0 spiro atoms. The lowest BCUT2D eigenvalue weighted by Gasteiger charge is -2.36. The van der Waals surface area contributed by atoms with E-state index in [4.69, 9.17) is 14.2 Å². The van der Waals surface area contributed by atoms with Crippen LogP contribution < -0.4 is 9.64 Å². The Morgan fingerprint density at radius 3 is 2.46 bits per heavy atom. The van der Waals surface area contributed by atoms with Crippen LogP contribution in [-0.2, 0) is 24.1 Å². The smallest absolute Gasteiger partial charge is 0.338 e. The van der Waals surface area contributed by atoms with Crippen LogP contribution in [0.5, 0.6) is 5.75 Å². The number of hydrogen-bond acceptors (Lipinski definition) is 8. The number of benzene rings is 2. The van der Waals surface area contributed by atoms with Gasteiger partial charge in [0.25, 0.3) is 0 Å². The molecule has 3 rings (SSSR count). The molecule has 37 heavy (non-hydrogen) atoms. The van der Waals surface area contributed by atoms with E-state index in [1.807, 2.05) is 24.1 Å². The number of ether oxygens (including phenoxy) is 3. The minimum absolute atomic E-state index is 0.00209. The fourth-order valence-corrected chi connectivity index (χ4v) is 7.41. The Labute approximate surface area is 223 Å². The van der Waals surface area contributed by atoms with Crippen molar-refractivity contribution in [3.05, 3.63) is 42.2 Å². The van der Waals surface area contributed by atoms with Crippen molar-refractivity contribution in [3.63, 3.8) is 0 Å². The standard InChI is InChI=1S/C27H36FNO6S2/c1-6-8-13-27(7-2)17-29(20-11-9-19(28)10-12-20)21-14-24(36-5)22(15-25(21)37(31,32)18-27)35-16-23(33-3)26(30)34-4/h9-12,14-15,23H,6-8,13,16-18H2,1-5H3. The highest BCUT2D eigenvalue weighted by molar-refractivity contribution is 7.98. The van der Waals surface area contributed by atoms with E-state index in [0.717, 1.165) is 24.9 Å². The van der Waals surface area contributed by atoms with Gasteiger partial charge in [-0.3, -0.25) is 0 Å². The predicted molar refractivity (Wildman–Crippen MR) is 144 cm³/mol. The van der Waals surface area contributed by atoms with Crippen molar-refractivity contribution in [3.8, 4) is 5.75 Å². The van der Waals surface area contributed by atoms with Gasteiger partial charge in [-0.15, -0.1) is 11.8 Å². The van der Waals surface area contributed by atoms with Gasteiger partial charge in [0.1, 0.15) is 18.2 Å². The van der Waals surface area contributed by atoms with Crippen molar-refractivity contribution in [1.82, 2.24) is 0 Å². The molecule has 1 aliphatic heterocycles. The van der Waals surface area contributed by atoms with Gasteiger partial charge in [0.05, 0.1) is 28.3 Å². The second-order valence-electron chi connectivity index (χ2n) is 9.31. The lowest BCUT2D eigenvalue weighted by Crippen LogP contribution is -2.37. The fraction of sp³-hybridized carbons (Fsp3) is 0.519. The van der Waals surface area contributed by atoms with E-state index >= 15 is 0 Å². The topological polar surface area (TPSA) is 82.1 Å². The average Bonchev–Trinajstić information content (AvgIpc) is 2.99. The van der Waals surface area contributed by atoms with Crippen LogP contribution in [0.25, 0.3) is 0 Å². The van der Waals surface area contributed by atoms with Crippen LogP contribution >= 0.6 is 11.8 Å². The SMILES string of the molecule is CCCCC1(CC)CN(c2ccc(F)cc2)c2cc(SC)c(OCC(OC)C(=O)OC)cc2S(=O)(=O)C1. The molecule has 2 aromatic rings. The monoisotopic (exact) mass is 553 g/mol. The zero-order chi connectivity index (χ0) is 27.2. The summed E-state index contributed by atoms with van der Waals surface area (Å²) in [6, 6.07) is 9.49. The summed E-state index contributed by atoms with van der Waals surface area (Å²) in [5.74, 6) is -0.590. The number of methoxy groups -OCH3 is 2. The Hall–Kier alpha value is -2.30. The predicted octanol–water partition coefficient (Wildman–Crippen LogP) is 5.63. The quantitative estimate of drug-likeness (QED) is 0.262. The first-order chi connectivity index (χ1) is 17.6. The third-order valence-corrected chi connectivity index (χ3v) is 9.70. The number of esters is 1. The van der Waals surface area contributed by atoms with Crippen LogP contribution in [-0.4, -0.2) is 59.9 Å². The van der Waals surface area contributed by atoms with E-state index < -0.39 is 27.3 Å². The normalized spacial score (nSPS) is 19.6. The van der Waals surface area contributed by atoms with Crippen molar-refractivity contribution < 1.29 is 31.8 Å². The van der Waals surface area contributed by atoms with E-state index in [9.17, 15) is 17.6 Å². The maximum absolute atomic E-state index is 13.9. The molecule has 1 aliphatic rings. The second kappa shape index (κ2) is 12.5. The largest absolute Gasteiger partial charge is 0.489 e. The highest BCUT2D eigenvalue weighted by atomic mass is 32.2.